The molecule has 0 radical (unpaired) electrons. The van der Waals surface area contributed by atoms with Gasteiger partial charge < -0.3 is 0 Å². The van der Waals surface area contributed by atoms with Gasteiger partial charge in [0.05, 0.1) is 0 Å². The van der Waals surface area contributed by atoms with Gasteiger partial charge in [0, 0.05) is 0 Å². The highest BCUT2D eigenvalue weighted by Gasteiger charge is 2.20. The van der Waals surface area contributed by atoms with Crippen molar-refractivity contribution in [2.24, 2.45) is 5.92 Å². The van der Waals surface area contributed by atoms with Crippen molar-refractivity contribution in [1.29, 1.82) is 0 Å². The summed E-state index contributed by atoms with van der Waals surface area (Å²) in [6.45, 7) is 0. The molecule has 0 unspecified atom stereocenters. The first kappa shape index (κ1) is 5.52. The summed E-state index contributed by atoms with van der Waals surface area (Å²) in [7, 11) is 0. The van der Waals surface area contributed by atoms with Crippen molar-refractivity contribution in [2.45, 2.75) is 38.5 Å². The van der Waals surface area contributed by atoms with E-state index < -0.39 is 0 Å². The van der Waals surface area contributed by atoms with Crippen molar-refractivity contribution < 1.29 is 0 Å². The second kappa shape index (κ2) is 2.17. The van der Waals surface area contributed by atoms with Gasteiger partial charge in [-0.2, -0.15) is 0 Å². The van der Waals surface area contributed by atoms with Gasteiger partial charge in [-0.05, 0) is 44.4 Å². The average molecular weight is 122 g/mol. The monoisotopic (exact) mass is 122 g/mol. The summed E-state index contributed by atoms with van der Waals surface area (Å²) in [5.74, 6) is 1.08. The van der Waals surface area contributed by atoms with E-state index >= 15 is 0 Å². The predicted octanol–water partition coefficient (Wildman–Crippen LogP) is 2.90. The van der Waals surface area contributed by atoms with Gasteiger partial charge in [-0.25, -0.2) is 0 Å². The molecule has 2 aliphatic rings. The summed E-state index contributed by atoms with van der Waals surface area (Å²) in [4.78, 5) is 0. The van der Waals surface area contributed by atoms with Crippen LogP contribution in [0.2, 0.25) is 0 Å². The number of rotatable bonds is 0. The van der Waals surface area contributed by atoms with Gasteiger partial charge in [0.15, 0.2) is 0 Å². The third kappa shape index (κ3) is 1.03. The van der Waals surface area contributed by atoms with E-state index in [0.717, 1.165) is 5.92 Å². The molecule has 0 aromatic carbocycles. The van der Waals surface area contributed by atoms with Gasteiger partial charge in [0.25, 0.3) is 0 Å². The molecule has 0 aromatic rings. The molecule has 1 saturated carbocycles. The fourth-order valence-corrected chi connectivity index (χ4v) is 2.11. The Labute approximate surface area is 57.0 Å². The molecular weight excluding hydrogens is 108 g/mol. The standard InChI is InChI=1S/C9H14/c1-2-4-9-6-5-8(3-1)7-9/h3,9H,1-2,4-7H2/t9-/m0/s1. The highest BCUT2D eigenvalue weighted by Crippen LogP contribution is 2.36. The van der Waals surface area contributed by atoms with Crippen LogP contribution in [0.5, 0.6) is 0 Å². The summed E-state index contributed by atoms with van der Waals surface area (Å²) >= 11 is 0. The van der Waals surface area contributed by atoms with Crippen molar-refractivity contribution in [3.05, 3.63) is 11.6 Å². The largest absolute Gasteiger partial charge is 0.0853 e. The zero-order valence-corrected chi connectivity index (χ0v) is 5.90. The van der Waals surface area contributed by atoms with Crippen LogP contribution in [0.1, 0.15) is 38.5 Å². The molecule has 2 rings (SSSR count). The van der Waals surface area contributed by atoms with Crippen molar-refractivity contribution in [3.8, 4) is 0 Å². The Hall–Kier alpha value is -0.260. The maximum atomic E-state index is 2.48. The molecule has 1 fully saturated rings. The molecule has 0 saturated heterocycles. The van der Waals surface area contributed by atoms with E-state index in [9.17, 15) is 0 Å². The first-order chi connectivity index (χ1) is 4.45. The van der Waals surface area contributed by atoms with Crippen molar-refractivity contribution in [3.63, 3.8) is 0 Å². The summed E-state index contributed by atoms with van der Waals surface area (Å²) in [5.41, 5.74) is 1.76. The fraction of sp³-hybridized carbons (Fsp3) is 0.778. The van der Waals surface area contributed by atoms with E-state index in [0.29, 0.717) is 0 Å². The summed E-state index contributed by atoms with van der Waals surface area (Å²) in [6, 6.07) is 0. The normalized spacial score (nSPS) is 33.8. The Bertz CT molecular complexity index is 133. The molecule has 2 aliphatic carbocycles. The highest BCUT2D eigenvalue weighted by molar-refractivity contribution is 5.09. The topological polar surface area (TPSA) is 0 Å². The van der Waals surface area contributed by atoms with Crippen molar-refractivity contribution >= 4 is 0 Å². The molecule has 0 heterocycles. The molecule has 0 spiro atoms. The molecule has 9 heavy (non-hydrogen) atoms. The molecule has 1 atom stereocenters. The van der Waals surface area contributed by atoms with Crippen LogP contribution in [0.15, 0.2) is 11.6 Å². The average Bonchev–Trinajstić information content (AvgIpc) is 2.09. The lowest BCUT2D eigenvalue weighted by Gasteiger charge is -2.03. The van der Waals surface area contributed by atoms with Crippen LogP contribution in [0, 0.1) is 5.92 Å². The molecule has 0 aliphatic heterocycles. The third-order valence-electron chi connectivity index (χ3n) is 2.67. The van der Waals surface area contributed by atoms with E-state index in [2.05, 4.69) is 6.08 Å². The summed E-state index contributed by atoms with van der Waals surface area (Å²) in [5, 5.41) is 0. The molecule has 2 bridgehead atoms. The van der Waals surface area contributed by atoms with E-state index in [4.69, 9.17) is 0 Å². The van der Waals surface area contributed by atoms with Crippen LogP contribution in [0.4, 0.5) is 0 Å². The Morgan fingerprint density at radius 2 is 2.33 bits per heavy atom. The molecule has 0 heteroatoms. The first-order valence-corrected chi connectivity index (χ1v) is 4.13. The lowest BCUT2D eigenvalue weighted by molar-refractivity contribution is 0.497. The summed E-state index contributed by atoms with van der Waals surface area (Å²) in [6.07, 6.45) is 11.2. The van der Waals surface area contributed by atoms with Gasteiger partial charge in [0.1, 0.15) is 0 Å². The second-order valence-corrected chi connectivity index (χ2v) is 3.40. The Morgan fingerprint density at radius 3 is 3.33 bits per heavy atom. The van der Waals surface area contributed by atoms with E-state index in [-0.39, 0.29) is 0 Å². The van der Waals surface area contributed by atoms with Gasteiger partial charge in [-0.15, -0.1) is 0 Å². The first-order valence-electron chi connectivity index (χ1n) is 4.13. The van der Waals surface area contributed by atoms with Crippen LogP contribution >= 0.6 is 0 Å². The van der Waals surface area contributed by atoms with E-state index in [1.807, 2.05) is 0 Å². The Kier molecular flexibility index (Phi) is 1.33. The maximum Gasteiger partial charge on any atom is -0.0292 e. The van der Waals surface area contributed by atoms with E-state index in [1.165, 1.54) is 38.5 Å². The van der Waals surface area contributed by atoms with Gasteiger partial charge >= 0.3 is 0 Å². The lowest BCUT2D eigenvalue weighted by atomic mass is 10.0. The minimum absolute atomic E-state index is 1.08. The number of allylic oxidation sites excluding steroid dienone is 2. The van der Waals surface area contributed by atoms with E-state index in [1.54, 1.807) is 5.57 Å². The minimum atomic E-state index is 1.08. The van der Waals surface area contributed by atoms with Crippen LogP contribution in [0.3, 0.4) is 0 Å². The molecular formula is C9H14. The molecule has 0 nitrogen and oxygen atoms in total. The van der Waals surface area contributed by atoms with Crippen LogP contribution in [-0.2, 0) is 0 Å². The maximum absolute atomic E-state index is 2.48. The number of hydrogen-bond acceptors (Lipinski definition) is 0. The van der Waals surface area contributed by atoms with Crippen LogP contribution in [0.25, 0.3) is 0 Å². The fourth-order valence-electron chi connectivity index (χ4n) is 2.11. The Balaban J connectivity index is 2.14. The molecule has 0 N–H and O–H groups in total. The Morgan fingerprint density at radius 1 is 1.33 bits per heavy atom. The van der Waals surface area contributed by atoms with Gasteiger partial charge in [0.2, 0.25) is 0 Å². The number of hydrogen-bond donors (Lipinski definition) is 0. The predicted molar refractivity (Wildman–Crippen MR) is 39.3 cm³/mol. The van der Waals surface area contributed by atoms with Crippen molar-refractivity contribution in [2.75, 3.05) is 0 Å². The van der Waals surface area contributed by atoms with Crippen LogP contribution in [-0.4, -0.2) is 0 Å². The quantitative estimate of drug-likeness (QED) is 0.433. The van der Waals surface area contributed by atoms with Crippen molar-refractivity contribution in [1.82, 2.24) is 0 Å². The lowest BCUT2D eigenvalue weighted by Crippen LogP contribution is -1.90. The third-order valence-corrected chi connectivity index (χ3v) is 2.67. The SMILES string of the molecule is C1=C2CC[C@H](CCC1)C2. The highest BCUT2D eigenvalue weighted by atomic mass is 14.3. The van der Waals surface area contributed by atoms with Gasteiger partial charge in [-0.1, -0.05) is 11.6 Å². The molecule has 50 valence electrons. The molecule has 0 amide bonds. The second-order valence-electron chi connectivity index (χ2n) is 3.40. The molecule has 0 aromatic heterocycles. The zero-order valence-electron chi connectivity index (χ0n) is 5.90. The summed E-state index contributed by atoms with van der Waals surface area (Å²) < 4.78 is 0. The zero-order chi connectivity index (χ0) is 6.10. The number of fused-ring (bicyclic) bond motifs is 2. The van der Waals surface area contributed by atoms with Gasteiger partial charge in [-0.3, -0.25) is 0 Å². The van der Waals surface area contributed by atoms with Crippen LogP contribution < -0.4 is 0 Å². The smallest absolute Gasteiger partial charge is 0.0292 e. The minimum Gasteiger partial charge on any atom is -0.0853 e.